The zero-order chi connectivity index (χ0) is 32.8. The van der Waals surface area contributed by atoms with Crippen molar-refractivity contribution in [3.63, 3.8) is 0 Å². The topological polar surface area (TPSA) is 48.0 Å². The van der Waals surface area contributed by atoms with E-state index in [1.54, 1.807) is 6.26 Å². The van der Waals surface area contributed by atoms with Gasteiger partial charge in [-0.3, -0.25) is 0 Å². The summed E-state index contributed by atoms with van der Waals surface area (Å²) in [5.74, 6) is 3.21. The van der Waals surface area contributed by atoms with Gasteiger partial charge in [0.25, 0.3) is 6.71 Å². The molecule has 0 aliphatic carbocycles. The Balaban J connectivity index is 1.23. The molecule has 234 valence electrons. The lowest BCUT2D eigenvalue weighted by Crippen LogP contribution is -2.57. The van der Waals surface area contributed by atoms with E-state index in [0.717, 1.165) is 100 Å². The summed E-state index contributed by atoms with van der Waals surface area (Å²) in [7, 11) is 0. The number of rotatable bonds is 4. The minimum absolute atomic E-state index is 0.0180. The molecule has 11 rings (SSSR count). The van der Waals surface area contributed by atoms with E-state index in [1.165, 1.54) is 0 Å². The molecule has 2 aromatic heterocycles. The maximum atomic E-state index is 6.76. The largest absolute Gasteiger partial charge is 0.464 e. The lowest BCUT2D eigenvalue weighted by molar-refractivity contribution is 0.465. The predicted molar refractivity (Wildman–Crippen MR) is 201 cm³/mol. The molecular weight excluding hydrogens is 617 g/mol. The van der Waals surface area contributed by atoms with Crippen LogP contribution < -0.4 is 30.8 Å². The van der Waals surface area contributed by atoms with Crippen molar-refractivity contribution in [2.24, 2.45) is 0 Å². The minimum Gasteiger partial charge on any atom is -0.464 e. The monoisotopic (exact) mass is 643 g/mol. The van der Waals surface area contributed by atoms with Crippen molar-refractivity contribution in [3.05, 3.63) is 158 Å². The van der Waals surface area contributed by atoms with E-state index in [4.69, 9.17) is 18.3 Å². The third-order valence-electron chi connectivity index (χ3n) is 10.1. The van der Waals surface area contributed by atoms with Crippen molar-refractivity contribution >= 4 is 73.1 Å². The number of nitrogens with zero attached hydrogens (tertiary/aromatic N) is 1. The van der Waals surface area contributed by atoms with E-state index in [0.29, 0.717) is 0 Å². The van der Waals surface area contributed by atoms with Crippen LogP contribution in [0.3, 0.4) is 0 Å². The Hall–Kier alpha value is -6.66. The highest BCUT2D eigenvalue weighted by Crippen LogP contribution is 2.49. The molecule has 0 radical (unpaired) electrons. The standard InChI is InChI=1S/C44H26BNO4/c1-2-11-27(12-3-1)41-34(22-21-28-23-24-47-43(28)41)46(35-17-10-14-31-30-13-4-7-18-36(30)50-44(31)35)29-25-39-42-40(26-29)49-38-20-9-6-16-33(38)45(42)32-15-5-8-19-37(32)48-39/h1-26H. The van der Waals surface area contributed by atoms with Gasteiger partial charge in [-0.25, -0.2) is 0 Å². The summed E-state index contributed by atoms with van der Waals surface area (Å²) in [4.78, 5) is 2.26. The molecule has 0 bridgehead atoms. The average molecular weight is 644 g/mol. The van der Waals surface area contributed by atoms with Gasteiger partial charge in [0.2, 0.25) is 0 Å². The van der Waals surface area contributed by atoms with Gasteiger partial charge in [0, 0.05) is 39.3 Å². The van der Waals surface area contributed by atoms with Crippen LogP contribution in [-0.2, 0) is 0 Å². The third kappa shape index (κ3) is 3.90. The molecule has 0 fully saturated rings. The highest BCUT2D eigenvalue weighted by Gasteiger charge is 2.41. The second-order valence-corrected chi connectivity index (χ2v) is 12.8. The average Bonchev–Trinajstić information content (AvgIpc) is 3.80. The number of ether oxygens (including phenoxy) is 2. The Morgan fingerprint density at radius 3 is 1.96 bits per heavy atom. The van der Waals surface area contributed by atoms with Crippen molar-refractivity contribution in [2.75, 3.05) is 4.90 Å². The first-order chi connectivity index (χ1) is 24.8. The van der Waals surface area contributed by atoms with E-state index in [1.807, 2.05) is 48.5 Å². The summed E-state index contributed by atoms with van der Waals surface area (Å²) in [5, 5.41) is 3.13. The Morgan fingerprint density at radius 2 is 1.18 bits per heavy atom. The van der Waals surface area contributed by atoms with Gasteiger partial charge < -0.3 is 23.2 Å². The fraction of sp³-hybridized carbons (Fsp3) is 0. The summed E-state index contributed by atoms with van der Waals surface area (Å²) < 4.78 is 26.5. The predicted octanol–water partition coefficient (Wildman–Crippen LogP) is 10.2. The summed E-state index contributed by atoms with van der Waals surface area (Å²) in [5.41, 5.74) is 10.4. The highest BCUT2D eigenvalue weighted by atomic mass is 16.5. The van der Waals surface area contributed by atoms with Gasteiger partial charge in [0.15, 0.2) is 5.58 Å². The number of benzene rings is 7. The SMILES string of the molecule is c1ccc(-c2c(N(c3cc4c5c(c3)Oc3ccccc3B5c3ccccc3O4)c3cccc4c3oc3ccccc34)ccc3ccoc23)cc1. The third-order valence-corrected chi connectivity index (χ3v) is 10.1. The number of para-hydroxylation sites is 4. The highest BCUT2D eigenvalue weighted by molar-refractivity contribution is 6.98. The Kier molecular flexibility index (Phi) is 5.69. The normalized spacial score (nSPS) is 12.7. The Labute approximate surface area is 287 Å². The van der Waals surface area contributed by atoms with E-state index < -0.39 is 0 Å². The molecule has 2 aliphatic heterocycles. The quantitative estimate of drug-likeness (QED) is 0.179. The molecule has 6 heteroatoms. The molecule has 0 amide bonds. The Morgan fingerprint density at radius 1 is 0.500 bits per heavy atom. The number of hydrogen-bond acceptors (Lipinski definition) is 5. The van der Waals surface area contributed by atoms with Crippen molar-refractivity contribution < 1.29 is 18.3 Å². The Bertz CT molecular complexity index is 2730. The van der Waals surface area contributed by atoms with Crippen LogP contribution in [0.1, 0.15) is 0 Å². The number of hydrogen-bond donors (Lipinski definition) is 0. The van der Waals surface area contributed by atoms with Crippen LogP contribution in [0.2, 0.25) is 0 Å². The molecule has 4 heterocycles. The van der Waals surface area contributed by atoms with Gasteiger partial charge in [0.1, 0.15) is 34.2 Å². The van der Waals surface area contributed by atoms with E-state index in [-0.39, 0.29) is 6.71 Å². The van der Waals surface area contributed by atoms with Gasteiger partial charge in [-0.05, 0) is 59.0 Å². The van der Waals surface area contributed by atoms with Crippen molar-refractivity contribution in [1.82, 2.24) is 0 Å². The van der Waals surface area contributed by atoms with E-state index in [9.17, 15) is 0 Å². The number of anilines is 3. The molecule has 0 atom stereocenters. The fourth-order valence-corrected chi connectivity index (χ4v) is 7.92. The van der Waals surface area contributed by atoms with Gasteiger partial charge in [-0.1, -0.05) is 97.1 Å². The maximum Gasteiger partial charge on any atom is 0.260 e. The molecule has 2 aliphatic rings. The number of fused-ring (bicyclic) bond motifs is 8. The summed E-state index contributed by atoms with van der Waals surface area (Å²) in [6.45, 7) is -0.0180. The molecule has 50 heavy (non-hydrogen) atoms. The molecule has 0 saturated heterocycles. The summed E-state index contributed by atoms with van der Waals surface area (Å²) in [6, 6.07) is 52.1. The second kappa shape index (κ2) is 10.4. The first-order valence-corrected chi connectivity index (χ1v) is 16.8. The van der Waals surface area contributed by atoms with Gasteiger partial charge >= 0.3 is 0 Å². The molecule has 0 N–H and O–H groups in total. The zero-order valence-corrected chi connectivity index (χ0v) is 26.7. The summed E-state index contributed by atoms with van der Waals surface area (Å²) in [6.07, 6.45) is 1.75. The zero-order valence-electron chi connectivity index (χ0n) is 26.7. The second-order valence-electron chi connectivity index (χ2n) is 12.8. The van der Waals surface area contributed by atoms with E-state index in [2.05, 4.69) is 108 Å². The van der Waals surface area contributed by atoms with Crippen molar-refractivity contribution in [2.45, 2.75) is 0 Å². The van der Waals surface area contributed by atoms with Crippen LogP contribution >= 0.6 is 0 Å². The van der Waals surface area contributed by atoms with Crippen LogP contribution in [0.5, 0.6) is 23.0 Å². The van der Waals surface area contributed by atoms with Gasteiger partial charge in [-0.15, -0.1) is 0 Å². The van der Waals surface area contributed by atoms with Crippen LogP contribution in [0.25, 0.3) is 44.0 Å². The van der Waals surface area contributed by atoms with Gasteiger partial charge in [-0.2, -0.15) is 0 Å². The number of furan rings is 2. The smallest absolute Gasteiger partial charge is 0.260 e. The molecule has 0 spiro atoms. The van der Waals surface area contributed by atoms with Crippen LogP contribution in [0.4, 0.5) is 17.1 Å². The first kappa shape index (κ1) is 27.3. The van der Waals surface area contributed by atoms with Crippen LogP contribution in [0, 0.1) is 0 Å². The van der Waals surface area contributed by atoms with Crippen LogP contribution in [0.15, 0.2) is 167 Å². The molecule has 7 aromatic carbocycles. The molecule has 0 saturated carbocycles. The van der Waals surface area contributed by atoms with Crippen molar-refractivity contribution in [1.29, 1.82) is 0 Å². The van der Waals surface area contributed by atoms with Crippen molar-refractivity contribution in [3.8, 4) is 34.1 Å². The van der Waals surface area contributed by atoms with E-state index >= 15 is 0 Å². The molecule has 9 aromatic rings. The lowest BCUT2D eigenvalue weighted by Gasteiger charge is -2.35. The fourth-order valence-electron chi connectivity index (χ4n) is 7.92. The minimum atomic E-state index is -0.0180. The lowest BCUT2D eigenvalue weighted by atomic mass is 9.35. The molecule has 0 unspecified atom stereocenters. The molecular formula is C44H26BNO4. The summed E-state index contributed by atoms with van der Waals surface area (Å²) >= 11 is 0. The maximum absolute atomic E-state index is 6.76. The first-order valence-electron chi connectivity index (χ1n) is 16.8. The van der Waals surface area contributed by atoms with Crippen LogP contribution in [-0.4, -0.2) is 6.71 Å². The van der Waals surface area contributed by atoms with Gasteiger partial charge in [0.05, 0.1) is 23.3 Å². The molecule has 5 nitrogen and oxygen atoms in total.